The highest BCUT2D eigenvalue weighted by Crippen LogP contribution is 2.25. The van der Waals surface area contributed by atoms with Gasteiger partial charge in [0.25, 0.3) is 5.56 Å². The number of pyridine rings is 1. The van der Waals surface area contributed by atoms with Crippen LogP contribution in [0.3, 0.4) is 0 Å². The molecule has 25 heavy (non-hydrogen) atoms. The van der Waals surface area contributed by atoms with Crippen molar-refractivity contribution in [2.45, 2.75) is 6.54 Å². The molecule has 4 aromatic rings. The van der Waals surface area contributed by atoms with Crippen molar-refractivity contribution < 1.29 is 0 Å². The second-order valence-corrected chi connectivity index (χ2v) is 6.02. The lowest BCUT2D eigenvalue weighted by molar-refractivity contribution is 0.687. The summed E-state index contributed by atoms with van der Waals surface area (Å²) in [5.41, 5.74) is 3.97. The van der Waals surface area contributed by atoms with Gasteiger partial charge in [-0.05, 0) is 17.7 Å². The minimum absolute atomic E-state index is 0.0378. The van der Waals surface area contributed by atoms with Crippen LogP contribution in [0.2, 0.25) is 0 Å². The molecule has 0 unspecified atom stereocenters. The fraction of sp³-hybridized carbons (Fsp3) is 0.100. The van der Waals surface area contributed by atoms with Gasteiger partial charge in [-0.2, -0.15) is 5.10 Å². The Hall–Kier alpha value is -3.34. The average Bonchev–Trinajstić information content (AvgIpc) is 3.30. The van der Waals surface area contributed by atoms with Crippen LogP contribution in [0.25, 0.3) is 16.8 Å². The molecule has 0 aliphatic heterocycles. The van der Waals surface area contributed by atoms with Gasteiger partial charge in [-0.25, -0.2) is 0 Å². The minimum Gasteiger partial charge on any atom is -0.323 e. The zero-order valence-corrected chi connectivity index (χ0v) is 13.9. The Labute approximate surface area is 145 Å². The third kappa shape index (κ3) is 3.04. The molecule has 0 aliphatic carbocycles. The lowest BCUT2D eigenvalue weighted by Crippen LogP contribution is -2.17. The van der Waals surface area contributed by atoms with E-state index in [0.29, 0.717) is 6.54 Å². The first kappa shape index (κ1) is 15.2. The summed E-state index contributed by atoms with van der Waals surface area (Å²) in [6, 6.07) is 15.8. The number of benzene rings is 1. The molecule has 124 valence electrons. The second-order valence-electron chi connectivity index (χ2n) is 6.02. The van der Waals surface area contributed by atoms with E-state index < -0.39 is 0 Å². The van der Waals surface area contributed by atoms with Gasteiger partial charge in [0.1, 0.15) is 0 Å². The third-order valence-electron chi connectivity index (χ3n) is 4.22. The smallest absolute Gasteiger partial charge is 0.252 e. The van der Waals surface area contributed by atoms with E-state index in [-0.39, 0.29) is 5.56 Å². The number of aromatic nitrogens is 4. The Morgan fingerprint density at radius 3 is 2.52 bits per heavy atom. The van der Waals surface area contributed by atoms with Crippen molar-refractivity contribution in [2.75, 3.05) is 0 Å². The van der Waals surface area contributed by atoms with Gasteiger partial charge in [-0.1, -0.05) is 30.3 Å². The number of nitrogens with zero attached hydrogens (tertiary/aromatic N) is 4. The van der Waals surface area contributed by atoms with Gasteiger partial charge < -0.3 is 9.13 Å². The molecule has 0 amide bonds. The maximum atomic E-state index is 12.1. The number of hydrogen-bond acceptors (Lipinski definition) is 2. The SMILES string of the molecule is Cn1cc(-c2cnn(Cc3ccccc3)c2)c(-n2cccc2)cc1=O. The molecule has 5 nitrogen and oxygen atoms in total. The van der Waals surface area contributed by atoms with E-state index >= 15 is 0 Å². The predicted octanol–water partition coefficient (Wildman–Crippen LogP) is 3.09. The summed E-state index contributed by atoms with van der Waals surface area (Å²) in [5, 5.41) is 4.48. The van der Waals surface area contributed by atoms with Gasteiger partial charge in [-0.3, -0.25) is 9.48 Å². The van der Waals surface area contributed by atoms with Gasteiger partial charge in [-0.15, -0.1) is 0 Å². The first-order valence-electron chi connectivity index (χ1n) is 8.11. The molecule has 0 aliphatic rings. The van der Waals surface area contributed by atoms with Gasteiger partial charge >= 0.3 is 0 Å². The van der Waals surface area contributed by atoms with Crippen LogP contribution in [0.15, 0.2) is 84.3 Å². The first-order chi connectivity index (χ1) is 12.2. The molecular formula is C20H18N4O. The average molecular weight is 330 g/mol. The van der Waals surface area contributed by atoms with E-state index in [4.69, 9.17) is 0 Å². The van der Waals surface area contributed by atoms with Crippen LogP contribution in [0.4, 0.5) is 0 Å². The molecule has 3 aromatic heterocycles. The number of rotatable bonds is 4. The topological polar surface area (TPSA) is 44.8 Å². The van der Waals surface area contributed by atoms with E-state index in [1.165, 1.54) is 5.56 Å². The highest BCUT2D eigenvalue weighted by molar-refractivity contribution is 5.71. The Bertz CT molecular complexity index is 1040. The molecule has 0 bridgehead atoms. The molecular weight excluding hydrogens is 312 g/mol. The Kier molecular flexibility index (Phi) is 3.82. The molecule has 0 N–H and O–H groups in total. The van der Waals surface area contributed by atoms with Crippen molar-refractivity contribution in [3.8, 4) is 16.8 Å². The molecule has 4 rings (SSSR count). The third-order valence-corrected chi connectivity index (χ3v) is 4.22. The summed E-state index contributed by atoms with van der Waals surface area (Å²) in [5.74, 6) is 0. The number of aryl methyl sites for hydroxylation is 1. The highest BCUT2D eigenvalue weighted by atomic mass is 16.1. The van der Waals surface area contributed by atoms with E-state index in [2.05, 4.69) is 17.2 Å². The summed E-state index contributed by atoms with van der Waals surface area (Å²) >= 11 is 0. The standard InChI is InChI=1S/C20H18N4O/c1-22-15-18(19(11-20(22)25)23-9-5-6-10-23)17-12-21-24(14-17)13-16-7-3-2-4-8-16/h2-12,14-15H,13H2,1H3. The summed E-state index contributed by atoms with van der Waals surface area (Å²) in [7, 11) is 1.76. The first-order valence-corrected chi connectivity index (χ1v) is 8.11. The van der Waals surface area contributed by atoms with Crippen LogP contribution in [0.1, 0.15) is 5.56 Å². The Morgan fingerprint density at radius 2 is 1.76 bits per heavy atom. The Morgan fingerprint density at radius 1 is 1.00 bits per heavy atom. The molecule has 0 saturated heterocycles. The zero-order chi connectivity index (χ0) is 17.2. The molecule has 0 radical (unpaired) electrons. The van der Waals surface area contributed by atoms with Gasteiger partial charge in [0.05, 0.1) is 18.4 Å². The van der Waals surface area contributed by atoms with E-state index in [0.717, 1.165) is 16.8 Å². The van der Waals surface area contributed by atoms with Crippen LogP contribution in [0.5, 0.6) is 0 Å². The lowest BCUT2D eigenvalue weighted by Gasteiger charge is -2.11. The molecule has 3 heterocycles. The van der Waals surface area contributed by atoms with Crippen molar-refractivity contribution >= 4 is 0 Å². The van der Waals surface area contributed by atoms with Crippen molar-refractivity contribution in [2.24, 2.45) is 7.05 Å². The van der Waals surface area contributed by atoms with Crippen LogP contribution in [0, 0.1) is 0 Å². The zero-order valence-electron chi connectivity index (χ0n) is 13.9. The molecule has 0 spiro atoms. The quantitative estimate of drug-likeness (QED) is 0.577. The molecule has 1 aromatic carbocycles. The normalized spacial score (nSPS) is 10.9. The summed E-state index contributed by atoms with van der Waals surface area (Å²) in [6.07, 6.45) is 9.59. The van der Waals surface area contributed by atoms with Gasteiger partial charge in [0.2, 0.25) is 0 Å². The minimum atomic E-state index is -0.0378. The van der Waals surface area contributed by atoms with Crippen LogP contribution in [-0.4, -0.2) is 18.9 Å². The summed E-state index contributed by atoms with van der Waals surface area (Å²) in [6.45, 7) is 0.714. The predicted molar refractivity (Wildman–Crippen MR) is 97.8 cm³/mol. The van der Waals surface area contributed by atoms with Crippen LogP contribution in [-0.2, 0) is 13.6 Å². The summed E-state index contributed by atoms with van der Waals surface area (Å²) in [4.78, 5) is 12.1. The summed E-state index contributed by atoms with van der Waals surface area (Å²) < 4.78 is 5.46. The second kappa shape index (κ2) is 6.28. The van der Waals surface area contributed by atoms with Crippen molar-refractivity contribution in [3.05, 3.63) is 95.4 Å². The maximum Gasteiger partial charge on any atom is 0.252 e. The molecule has 0 atom stereocenters. The Balaban J connectivity index is 1.75. The largest absolute Gasteiger partial charge is 0.323 e. The van der Waals surface area contributed by atoms with Gasteiger partial charge in [0, 0.05) is 49.0 Å². The lowest BCUT2D eigenvalue weighted by atomic mass is 10.1. The molecule has 5 heteroatoms. The number of hydrogen-bond donors (Lipinski definition) is 0. The maximum absolute atomic E-state index is 12.1. The van der Waals surface area contributed by atoms with E-state index in [1.54, 1.807) is 17.7 Å². The highest BCUT2D eigenvalue weighted by Gasteiger charge is 2.11. The van der Waals surface area contributed by atoms with Crippen LogP contribution < -0.4 is 5.56 Å². The molecule has 0 saturated carbocycles. The van der Waals surface area contributed by atoms with E-state index in [1.807, 2.05) is 70.6 Å². The fourth-order valence-corrected chi connectivity index (χ4v) is 2.91. The van der Waals surface area contributed by atoms with Crippen molar-refractivity contribution in [1.82, 2.24) is 18.9 Å². The molecule has 0 fully saturated rings. The van der Waals surface area contributed by atoms with Crippen molar-refractivity contribution in [1.29, 1.82) is 0 Å². The van der Waals surface area contributed by atoms with Crippen molar-refractivity contribution in [3.63, 3.8) is 0 Å². The monoisotopic (exact) mass is 330 g/mol. The fourth-order valence-electron chi connectivity index (χ4n) is 2.91. The van der Waals surface area contributed by atoms with E-state index in [9.17, 15) is 4.79 Å². The van der Waals surface area contributed by atoms with Crippen LogP contribution >= 0.6 is 0 Å². The van der Waals surface area contributed by atoms with Gasteiger partial charge in [0.15, 0.2) is 0 Å².